The fourth-order valence-corrected chi connectivity index (χ4v) is 4.55. The van der Waals surface area contributed by atoms with Crippen molar-refractivity contribution in [3.8, 4) is 0 Å². The second-order valence-electron chi connectivity index (χ2n) is 11.7. The highest BCUT2D eigenvalue weighted by Gasteiger charge is 2.41. The second kappa shape index (κ2) is 11.2. The third kappa shape index (κ3) is 9.31. The van der Waals surface area contributed by atoms with E-state index >= 15 is 0 Å². The number of hydrogen-bond donors (Lipinski definition) is 2. The zero-order valence-electron chi connectivity index (χ0n) is 20.2. The zero-order valence-corrected chi connectivity index (χ0v) is 20.2. The minimum atomic E-state index is 0.202. The first-order chi connectivity index (χ1) is 12.2. The topological polar surface area (TPSA) is 40.5 Å². The predicted molar refractivity (Wildman–Crippen MR) is 120 cm³/mol. The summed E-state index contributed by atoms with van der Waals surface area (Å²) in [5, 5.41) is 18.5. The van der Waals surface area contributed by atoms with E-state index in [-0.39, 0.29) is 10.8 Å². The lowest BCUT2D eigenvalue weighted by Gasteiger charge is -2.47. The van der Waals surface area contributed by atoms with Gasteiger partial charge in [0, 0.05) is 13.2 Å². The van der Waals surface area contributed by atoms with Crippen LogP contribution in [0.1, 0.15) is 120 Å². The Labute approximate surface area is 171 Å². The summed E-state index contributed by atoms with van der Waals surface area (Å²) in [6.07, 6.45) is 10.4. The van der Waals surface area contributed by atoms with E-state index in [9.17, 15) is 5.11 Å². The van der Waals surface area contributed by atoms with Crippen LogP contribution in [-0.2, 0) is 0 Å². The van der Waals surface area contributed by atoms with Crippen molar-refractivity contribution in [2.45, 2.75) is 120 Å². The van der Waals surface area contributed by atoms with Crippen molar-refractivity contribution in [2.24, 2.45) is 27.6 Å². The van der Waals surface area contributed by atoms with Crippen LogP contribution in [0.4, 0.5) is 0 Å². The summed E-state index contributed by atoms with van der Waals surface area (Å²) < 4.78 is 0. The number of aliphatic hydroxyl groups is 2. The van der Waals surface area contributed by atoms with Gasteiger partial charge < -0.3 is 10.2 Å². The van der Waals surface area contributed by atoms with Gasteiger partial charge in [-0.3, -0.25) is 0 Å². The Morgan fingerprint density at radius 1 is 0.630 bits per heavy atom. The first kappa shape index (κ1) is 26.9. The van der Waals surface area contributed by atoms with Gasteiger partial charge in [-0.15, -0.1) is 0 Å². The molecule has 2 nitrogen and oxygen atoms in total. The van der Waals surface area contributed by atoms with E-state index in [1.54, 1.807) is 0 Å². The molecule has 0 bridgehead atoms. The van der Waals surface area contributed by atoms with E-state index in [0.717, 1.165) is 19.3 Å². The molecule has 0 saturated heterocycles. The molecule has 2 N–H and O–H groups in total. The maximum absolute atomic E-state index is 9.45. The minimum absolute atomic E-state index is 0.202. The molecular formula is C25H52O2. The minimum Gasteiger partial charge on any atom is -0.396 e. The van der Waals surface area contributed by atoms with Crippen molar-refractivity contribution in [3.63, 3.8) is 0 Å². The van der Waals surface area contributed by atoms with Crippen molar-refractivity contribution < 1.29 is 10.2 Å². The van der Waals surface area contributed by atoms with Crippen molar-refractivity contribution in [3.05, 3.63) is 0 Å². The molecule has 0 saturated carbocycles. The summed E-state index contributed by atoms with van der Waals surface area (Å²) in [6, 6.07) is 0. The van der Waals surface area contributed by atoms with Crippen molar-refractivity contribution in [1.82, 2.24) is 0 Å². The van der Waals surface area contributed by atoms with Gasteiger partial charge in [0.25, 0.3) is 0 Å². The van der Waals surface area contributed by atoms with Crippen LogP contribution in [0.25, 0.3) is 0 Å². The summed E-state index contributed by atoms with van der Waals surface area (Å²) in [6.45, 7) is 22.1. The monoisotopic (exact) mass is 384 g/mol. The van der Waals surface area contributed by atoms with E-state index in [1.807, 2.05) is 0 Å². The Morgan fingerprint density at radius 3 is 1.63 bits per heavy atom. The van der Waals surface area contributed by atoms with Gasteiger partial charge in [0.1, 0.15) is 0 Å². The van der Waals surface area contributed by atoms with Gasteiger partial charge in [0.05, 0.1) is 0 Å². The molecule has 0 radical (unpaired) electrons. The van der Waals surface area contributed by atoms with E-state index in [0.29, 0.717) is 30.0 Å². The summed E-state index contributed by atoms with van der Waals surface area (Å²) in [5.41, 5.74) is 1.15. The van der Waals surface area contributed by atoms with Crippen LogP contribution in [0, 0.1) is 27.6 Å². The maximum Gasteiger partial charge on any atom is 0.0436 e. The molecule has 0 aliphatic heterocycles. The number of rotatable bonds is 15. The van der Waals surface area contributed by atoms with Crippen molar-refractivity contribution in [1.29, 1.82) is 0 Å². The molecule has 0 aromatic rings. The van der Waals surface area contributed by atoms with E-state index in [2.05, 4.69) is 62.3 Å². The molecule has 0 aliphatic rings. The number of unbranched alkanes of at least 4 members (excludes halogenated alkanes) is 1. The van der Waals surface area contributed by atoms with Gasteiger partial charge >= 0.3 is 0 Å². The van der Waals surface area contributed by atoms with Crippen LogP contribution >= 0.6 is 0 Å². The smallest absolute Gasteiger partial charge is 0.0436 e. The predicted octanol–water partition coefficient (Wildman–Crippen LogP) is 7.22. The summed E-state index contributed by atoms with van der Waals surface area (Å²) in [7, 11) is 0. The van der Waals surface area contributed by atoms with Gasteiger partial charge in [-0.05, 0) is 66.1 Å². The van der Waals surface area contributed by atoms with Crippen LogP contribution in [0.5, 0.6) is 0 Å². The average molecular weight is 385 g/mol. The second-order valence-corrected chi connectivity index (χ2v) is 11.7. The van der Waals surface area contributed by atoms with Gasteiger partial charge in [-0.1, -0.05) is 81.6 Å². The highest BCUT2D eigenvalue weighted by molar-refractivity contribution is 4.91. The fraction of sp³-hybridized carbons (Fsp3) is 1.00. The zero-order chi connectivity index (χ0) is 21.4. The number of aliphatic hydroxyl groups excluding tert-OH is 2. The summed E-state index contributed by atoms with van der Waals surface area (Å²) in [5.74, 6) is 0.649. The standard InChI is InChI=1S/C25H52O2/c1-10-21(23(4,5)17-19-27)20-25(8,9)24(6,7)16-12-11-14-22(2,3)15-13-18-26/h21,26-27H,10-20H2,1-9H3. The summed E-state index contributed by atoms with van der Waals surface area (Å²) >= 11 is 0. The van der Waals surface area contributed by atoms with E-state index in [4.69, 9.17) is 5.11 Å². The highest BCUT2D eigenvalue weighted by Crippen LogP contribution is 2.50. The molecule has 0 amide bonds. The average Bonchev–Trinajstić information content (AvgIpc) is 2.54. The highest BCUT2D eigenvalue weighted by atomic mass is 16.3. The molecule has 0 heterocycles. The Balaban J connectivity index is 4.73. The molecular weight excluding hydrogens is 332 g/mol. The molecule has 0 fully saturated rings. The number of hydrogen-bond acceptors (Lipinski definition) is 2. The molecule has 0 aromatic carbocycles. The molecule has 164 valence electrons. The lowest BCUT2D eigenvalue weighted by Crippen LogP contribution is -2.38. The quantitative estimate of drug-likeness (QED) is 0.292. The molecule has 0 aliphatic carbocycles. The van der Waals surface area contributed by atoms with Gasteiger partial charge in [0.15, 0.2) is 0 Å². The Morgan fingerprint density at radius 2 is 1.15 bits per heavy atom. The molecule has 0 spiro atoms. The van der Waals surface area contributed by atoms with Gasteiger partial charge in [-0.2, -0.15) is 0 Å². The normalized spacial score (nSPS) is 15.2. The molecule has 1 unspecified atom stereocenters. The Kier molecular flexibility index (Phi) is 11.2. The van der Waals surface area contributed by atoms with Gasteiger partial charge in [-0.25, -0.2) is 0 Å². The van der Waals surface area contributed by atoms with Crippen LogP contribution < -0.4 is 0 Å². The summed E-state index contributed by atoms with van der Waals surface area (Å²) in [4.78, 5) is 0. The Bertz CT molecular complexity index is 393. The largest absolute Gasteiger partial charge is 0.396 e. The molecule has 1 atom stereocenters. The third-order valence-electron chi connectivity index (χ3n) is 7.86. The lowest BCUT2D eigenvalue weighted by atomic mass is 9.58. The molecule has 27 heavy (non-hydrogen) atoms. The van der Waals surface area contributed by atoms with Crippen LogP contribution in [0.15, 0.2) is 0 Å². The molecule has 0 aromatic heterocycles. The molecule has 0 rings (SSSR count). The molecule has 2 heteroatoms. The van der Waals surface area contributed by atoms with Crippen LogP contribution in [0.3, 0.4) is 0 Å². The first-order valence-corrected chi connectivity index (χ1v) is 11.5. The van der Waals surface area contributed by atoms with Crippen LogP contribution in [-0.4, -0.2) is 23.4 Å². The lowest BCUT2D eigenvalue weighted by molar-refractivity contribution is 0.0249. The van der Waals surface area contributed by atoms with E-state index in [1.165, 1.54) is 38.5 Å². The first-order valence-electron chi connectivity index (χ1n) is 11.5. The third-order valence-corrected chi connectivity index (χ3v) is 7.86. The van der Waals surface area contributed by atoms with Crippen molar-refractivity contribution >= 4 is 0 Å². The SMILES string of the molecule is CCC(CC(C)(C)C(C)(C)CCCCC(C)(C)CCCO)C(C)(C)CCO. The Hall–Kier alpha value is -0.0800. The van der Waals surface area contributed by atoms with Crippen LogP contribution in [0.2, 0.25) is 0 Å². The van der Waals surface area contributed by atoms with E-state index < -0.39 is 0 Å². The van der Waals surface area contributed by atoms with Crippen molar-refractivity contribution in [2.75, 3.05) is 13.2 Å². The fourth-order valence-electron chi connectivity index (χ4n) is 4.55. The van der Waals surface area contributed by atoms with Gasteiger partial charge in [0.2, 0.25) is 0 Å². The maximum atomic E-state index is 9.45.